The Morgan fingerprint density at radius 2 is 1.79 bits per heavy atom. The molecule has 0 aromatic heterocycles. The van der Waals surface area contributed by atoms with Gasteiger partial charge in [-0.3, -0.25) is 15.5 Å². The van der Waals surface area contributed by atoms with E-state index in [4.69, 9.17) is 10.00 Å². The number of nitrogens with zero attached hydrogens (tertiary/aromatic N) is 3. The Morgan fingerprint density at radius 1 is 1.07 bits per heavy atom. The zero-order valence-electron chi connectivity index (χ0n) is 14.8. The Balaban J connectivity index is 1.54. The van der Waals surface area contributed by atoms with E-state index in [2.05, 4.69) is 16.6 Å². The highest BCUT2D eigenvalue weighted by molar-refractivity contribution is 5.80. The Labute approximate surface area is 161 Å². The fourth-order valence-corrected chi connectivity index (χ4v) is 2.41. The molecule has 7 heteroatoms. The van der Waals surface area contributed by atoms with Gasteiger partial charge in [-0.25, -0.2) is 0 Å². The molecule has 0 aliphatic rings. The van der Waals surface area contributed by atoms with Crippen molar-refractivity contribution in [2.75, 3.05) is 5.43 Å². The summed E-state index contributed by atoms with van der Waals surface area (Å²) in [5.41, 5.74) is 5.80. The zero-order chi connectivity index (χ0) is 19.8. The fraction of sp³-hybridized carbons (Fsp3) is 0.0476. The number of nitro benzene ring substituents is 1. The van der Waals surface area contributed by atoms with Crippen LogP contribution in [0.25, 0.3) is 0 Å². The molecule has 0 atom stereocenters. The van der Waals surface area contributed by atoms with E-state index in [1.165, 1.54) is 12.1 Å². The van der Waals surface area contributed by atoms with E-state index in [9.17, 15) is 10.1 Å². The second-order valence-electron chi connectivity index (χ2n) is 5.80. The van der Waals surface area contributed by atoms with Crippen molar-refractivity contribution in [1.82, 2.24) is 0 Å². The van der Waals surface area contributed by atoms with E-state index >= 15 is 0 Å². The van der Waals surface area contributed by atoms with Crippen LogP contribution >= 0.6 is 0 Å². The highest BCUT2D eigenvalue weighted by Gasteiger charge is 2.03. The monoisotopic (exact) mass is 372 g/mol. The van der Waals surface area contributed by atoms with Gasteiger partial charge in [0.1, 0.15) is 12.4 Å². The Kier molecular flexibility index (Phi) is 5.95. The van der Waals surface area contributed by atoms with Crippen LogP contribution in [0.15, 0.2) is 77.9 Å². The van der Waals surface area contributed by atoms with Crippen LogP contribution in [0.3, 0.4) is 0 Å². The average molecular weight is 372 g/mol. The van der Waals surface area contributed by atoms with Crippen molar-refractivity contribution in [2.24, 2.45) is 5.10 Å². The van der Waals surface area contributed by atoms with Crippen LogP contribution in [-0.2, 0) is 6.61 Å². The first-order chi connectivity index (χ1) is 13.7. The summed E-state index contributed by atoms with van der Waals surface area (Å²) in [4.78, 5) is 10.2. The molecule has 0 saturated carbocycles. The van der Waals surface area contributed by atoms with Crippen LogP contribution < -0.4 is 10.2 Å². The number of benzene rings is 3. The molecular weight excluding hydrogens is 356 g/mol. The third-order valence-electron chi connectivity index (χ3n) is 3.90. The Hall–Kier alpha value is -4.18. The van der Waals surface area contributed by atoms with Crippen molar-refractivity contribution in [1.29, 1.82) is 5.26 Å². The van der Waals surface area contributed by atoms with Crippen molar-refractivity contribution in [3.63, 3.8) is 0 Å². The molecule has 0 fully saturated rings. The third-order valence-corrected chi connectivity index (χ3v) is 3.90. The highest BCUT2D eigenvalue weighted by Crippen LogP contribution is 2.17. The molecule has 0 bridgehead atoms. The van der Waals surface area contributed by atoms with Gasteiger partial charge in [0, 0.05) is 17.7 Å². The van der Waals surface area contributed by atoms with Crippen molar-refractivity contribution in [2.45, 2.75) is 6.61 Å². The van der Waals surface area contributed by atoms with E-state index in [-0.39, 0.29) is 5.69 Å². The number of rotatable bonds is 7. The number of hydrogen-bond donors (Lipinski definition) is 1. The first kappa shape index (κ1) is 18.6. The van der Waals surface area contributed by atoms with Gasteiger partial charge in [-0.2, -0.15) is 10.4 Å². The standard InChI is InChI=1S/C21H16N4O3/c22-13-17-3-1-2-4-18(17)15-28-21-11-5-16(6-12-21)14-23-24-19-7-9-20(10-8-19)25(26)27/h1-12,14,24H,15H2/b23-14+. The van der Waals surface area contributed by atoms with E-state index in [0.29, 0.717) is 23.6 Å². The summed E-state index contributed by atoms with van der Waals surface area (Å²) < 4.78 is 5.73. The number of non-ortho nitro benzene ring substituents is 1. The largest absolute Gasteiger partial charge is 0.489 e. The first-order valence-corrected chi connectivity index (χ1v) is 8.40. The fourth-order valence-electron chi connectivity index (χ4n) is 2.41. The maximum absolute atomic E-state index is 10.6. The molecule has 1 N–H and O–H groups in total. The van der Waals surface area contributed by atoms with E-state index < -0.39 is 4.92 Å². The number of nitriles is 1. The van der Waals surface area contributed by atoms with Crippen molar-refractivity contribution < 1.29 is 9.66 Å². The molecule has 3 aromatic rings. The summed E-state index contributed by atoms with van der Waals surface area (Å²) in [6.45, 7) is 0.318. The number of ether oxygens (including phenoxy) is 1. The van der Waals surface area contributed by atoms with Crippen molar-refractivity contribution in [3.8, 4) is 11.8 Å². The van der Waals surface area contributed by atoms with Gasteiger partial charge in [0.15, 0.2) is 0 Å². The lowest BCUT2D eigenvalue weighted by Crippen LogP contribution is -1.98. The lowest BCUT2D eigenvalue weighted by Gasteiger charge is -2.07. The molecule has 0 radical (unpaired) electrons. The van der Waals surface area contributed by atoms with Crippen LogP contribution in [-0.4, -0.2) is 11.1 Å². The van der Waals surface area contributed by atoms with Gasteiger partial charge < -0.3 is 4.74 Å². The highest BCUT2D eigenvalue weighted by atomic mass is 16.6. The topological polar surface area (TPSA) is 101 Å². The SMILES string of the molecule is N#Cc1ccccc1COc1ccc(/C=N/Nc2ccc([N+](=O)[O-])cc2)cc1. The molecule has 0 spiro atoms. The zero-order valence-corrected chi connectivity index (χ0v) is 14.8. The van der Waals surface area contributed by atoms with Gasteiger partial charge in [0.05, 0.1) is 28.5 Å². The minimum absolute atomic E-state index is 0.0301. The number of anilines is 1. The summed E-state index contributed by atoms with van der Waals surface area (Å²) in [6.07, 6.45) is 1.64. The molecule has 0 aliphatic carbocycles. The third kappa shape index (κ3) is 4.93. The minimum Gasteiger partial charge on any atom is -0.489 e. The first-order valence-electron chi connectivity index (χ1n) is 8.40. The Morgan fingerprint density at radius 3 is 2.46 bits per heavy atom. The maximum Gasteiger partial charge on any atom is 0.269 e. The lowest BCUT2D eigenvalue weighted by atomic mass is 10.1. The van der Waals surface area contributed by atoms with Crippen LogP contribution in [0.5, 0.6) is 5.75 Å². The maximum atomic E-state index is 10.6. The molecular formula is C21H16N4O3. The summed E-state index contributed by atoms with van der Waals surface area (Å²) in [6, 6.07) is 22.8. The summed E-state index contributed by atoms with van der Waals surface area (Å²) in [7, 11) is 0. The molecule has 7 nitrogen and oxygen atoms in total. The molecule has 0 heterocycles. The van der Waals surface area contributed by atoms with Gasteiger partial charge in [-0.05, 0) is 48.0 Å². The molecule has 0 saturated heterocycles. The number of nitrogens with one attached hydrogen (secondary N) is 1. The Bertz CT molecular complexity index is 1020. The number of nitro groups is 1. The van der Waals surface area contributed by atoms with Crippen LogP contribution in [0, 0.1) is 21.4 Å². The van der Waals surface area contributed by atoms with Crippen LogP contribution in [0.4, 0.5) is 11.4 Å². The van der Waals surface area contributed by atoms with E-state index in [0.717, 1.165) is 11.1 Å². The molecule has 0 amide bonds. The predicted molar refractivity (Wildman–Crippen MR) is 106 cm³/mol. The van der Waals surface area contributed by atoms with Gasteiger partial charge >= 0.3 is 0 Å². The lowest BCUT2D eigenvalue weighted by molar-refractivity contribution is -0.384. The molecule has 0 unspecified atom stereocenters. The van der Waals surface area contributed by atoms with Crippen LogP contribution in [0.2, 0.25) is 0 Å². The molecule has 0 aliphatic heterocycles. The summed E-state index contributed by atoms with van der Waals surface area (Å²) >= 11 is 0. The van der Waals surface area contributed by atoms with Gasteiger partial charge in [0.25, 0.3) is 5.69 Å². The molecule has 3 rings (SSSR count). The van der Waals surface area contributed by atoms with Crippen molar-refractivity contribution >= 4 is 17.6 Å². The quantitative estimate of drug-likeness (QED) is 0.374. The van der Waals surface area contributed by atoms with Gasteiger partial charge in [0.2, 0.25) is 0 Å². The summed E-state index contributed by atoms with van der Waals surface area (Å²) in [5, 5.41) is 23.8. The van der Waals surface area contributed by atoms with E-state index in [1.54, 1.807) is 24.4 Å². The molecule has 3 aromatic carbocycles. The summed E-state index contributed by atoms with van der Waals surface area (Å²) in [5.74, 6) is 0.688. The van der Waals surface area contributed by atoms with Crippen molar-refractivity contribution in [3.05, 3.63) is 99.6 Å². The molecule has 138 valence electrons. The molecule has 28 heavy (non-hydrogen) atoms. The smallest absolute Gasteiger partial charge is 0.269 e. The van der Waals surface area contributed by atoms with E-state index in [1.807, 2.05) is 42.5 Å². The second-order valence-corrected chi connectivity index (χ2v) is 5.80. The van der Waals surface area contributed by atoms with Gasteiger partial charge in [-0.15, -0.1) is 0 Å². The average Bonchev–Trinajstić information content (AvgIpc) is 2.73. The minimum atomic E-state index is -0.449. The van der Waals surface area contributed by atoms with Crippen LogP contribution in [0.1, 0.15) is 16.7 Å². The number of hydrogen-bond acceptors (Lipinski definition) is 6. The normalized spacial score (nSPS) is 10.4. The van der Waals surface area contributed by atoms with Gasteiger partial charge in [-0.1, -0.05) is 18.2 Å². The second kappa shape index (κ2) is 8.96. The number of hydrazone groups is 1. The predicted octanol–water partition coefficient (Wildman–Crippen LogP) is 4.49.